The third-order valence-corrected chi connectivity index (χ3v) is 7.00. The van der Waals surface area contributed by atoms with E-state index < -0.39 is 16.6 Å². The molecule has 0 amide bonds. The Morgan fingerprint density at radius 3 is 1.46 bits per heavy atom. The molecule has 0 bridgehead atoms. The molecule has 158 valence electrons. The van der Waals surface area contributed by atoms with Gasteiger partial charge in [-0.2, -0.15) is 0 Å². The van der Waals surface area contributed by atoms with Gasteiger partial charge in [0.15, 0.2) is 16.6 Å². The summed E-state index contributed by atoms with van der Waals surface area (Å²) in [6.07, 6.45) is 20.4. The van der Waals surface area contributed by atoms with Gasteiger partial charge in [-0.15, -0.1) is 0 Å². The summed E-state index contributed by atoms with van der Waals surface area (Å²) in [5.41, 5.74) is 0.0933. The maximum atomic E-state index is 6.49. The first kappa shape index (κ1) is 31.0. The second-order valence-electron chi connectivity index (χ2n) is 9.29. The molecule has 0 aromatic rings. The van der Waals surface area contributed by atoms with E-state index in [0.29, 0.717) is 11.8 Å². The van der Waals surface area contributed by atoms with E-state index >= 15 is 0 Å². The van der Waals surface area contributed by atoms with Crippen molar-refractivity contribution in [1.29, 1.82) is 0 Å². The normalized spacial score (nSPS) is 16.8. The molecule has 0 aromatic heterocycles. The summed E-state index contributed by atoms with van der Waals surface area (Å²) in [7, 11) is -3.01. The van der Waals surface area contributed by atoms with Crippen LogP contribution in [-0.2, 0) is 35.1 Å². The molecular weight excluding hydrogens is 503 g/mol. The Kier molecular flexibility index (Phi) is 14.6. The number of hydrogen-bond acceptors (Lipinski definition) is 2. The van der Waals surface area contributed by atoms with Crippen LogP contribution in [0.15, 0.2) is 48.6 Å². The van der Waals surface area contributed by atoms with E-state index in [1.54, 1.807) is 0 Å². The van der Waals surface area contributed by atoms with Gasteiger partial charge >= 0.3 is 26.2 Å². The van der Waals surface area contributed by atoms with Crippen molar-refractivity contribution < 1.29 is 59.9 Å². The summed E-state index contributed by atoms with van der Waals surface area (Å²) in [6, 6.07) is 0. The van der Waals surface area contributed by atoms with Gasteiger partial charge in [0, 0.05) is 30.5 Å². The predicted molar refractivity (Wildman–Crippen MR) is 114 cm³/mol. The molecule has 0 unspecified atom stereocenters. The summed E-state index contributed by atoms with van der Waals surface area (Å²) in [5, 5.41) is 0. The number of allylic oxidation sites excluding steroid dienone is 8. The Morgan fingerprint density at radius 2 is 1.11 bits per heavy atom. The van der Waals surface area contributed by atoms with E-state index in [2.05, 4.69) is 87.9 Å². The quantitative estimate of drug-likeness (QED) is 0.287. The maximum Gasteiger partial charge on any atom is 2.00 e. The second kappa shape index (κ2) is 13.2. The van der Waals surface area contributed by atoms with Crippen molar-refractivity contribution in [2.75, 3.05) is 13.2 Å². The average molecular weight is 539 g/mol. The Hall–Kier alpha value is 0.777. The van der Waals surface area contributed by atoms with Crippen LogP contribution in [0.5, 0.6) is 0 Å². The molecule has 0 spiro atoms. The van der Waals surface area contributed by atoms with Gasteiger partial charge in [-0.1, -0.05) is 48.6 Å². The van der Waals surface area contributed by atoms with Crippen molar-refractivity contribution in [3.8, 4) is 0 Å². The molecule has 2 aliphatic rings. The van der Waals surface area contributed by atoms with Crippen molar-refractivity contribution in [2.45, 2.75) is 52.1 Å². The maximum absolute atomic E-state index is 6.49. The van der Waals surface area contributed by atoms with E-state index in [1.165, 1.54) is 0 Å². The van der Waals surface area contributed by atoms with Crippen molar-refractivity contribution in [3.63, 3.8) is 0 Å². The van der Waals surface area contributed by atoms with Crippen molar-refractivity contribution in [1.82, 2.24) is 0 Å². The Balaban J connectivity index is 0. The van der Waals surface area contributed by atoms with Crippen LogP contribution in [0.25, 0.3) is 0 Å². The van der Waals surface area contributed by atoms with Gasteiger partial charge in [0.2, 0.25) is 0 Å². The van der Waals surface area contributed by atoms with E-state index in [9.17, 15) is 0 Å². The smallest absolute Gasteiger partial charge is 1.00 e. The molecule has 0 fully saturated rings. The third kappa shape index (κ3) is 9.72. The third-order valence-electron chi connectivity index (χ3n) is 4.92. The van der Waals surface area contributed by atoms with Crippen molar-refractivity contribution in [3.05, 3.63) is 48.6 Å². The fourth-order valence-electron chi connectivity index (χ4n) is 3.58. The SMILES string of the molecule is C[Si](C)(C)OCCCC(CO[Si](C)(C)C)(C1C=CC=C1)C1C=CC=C1.[Cl-].[Cl-].[Zr+2]. The minimum Gasteiger partial charge on any atom is -1.00 e. The first-order chi connectivity index (χ1) is 11.6. The molecule has 7 heteroatoms. The van der Waals surface area contributed by atoms with E-state index in [4.69, 9.17) is 8.85 Å². The minimum absolute atomic E-state index is 0. The Labute approximate surface area is 206 Å². The summed E-state index contributed by atoms with van der Waals surface area (Å²) >= 11 is 0. The zero-order valence-electron chi connectivity index (χ0n) is 18.2. The van der Waals surface area contributed by atoms with Crippen LogP contribution in [-0.4, -0.2) is 29.8 Å². The zero-order chi connectivity index (χ0) is 18.6. The summed E-state index contributed by atoms with van der Waals surface area (Å²) in [5.74, 6) is 0.876. The fraction of sp³-hybridized carbons (Fsp3) is 0.619. The minimum atomic E-state index is -1.57. The van der Waals surface area contributed by atoms with E-state index in [-0.39, 0.29) is 56.4 Å². The molecule has 0 atom stereocenters. The van der Waals surface area contributed by atoms with Crippen molar-refractivity contribution >= 4 is 16.6 Å². The predicted octanol–water partition coefficient (Wildman–Crippen LogP) is -0.0541. The van der Waals surface area contributed by atoms with Crippen LogP contribution < -0.4 is 24.8 Å². The summed E-state index contributed by atoms with van der Waals surface area (Å²) in [6.45, 7) is 15.3. The van der Waals surface area contributed by atoms with Gasteiger partial charge in [0.05, 0.1) is 0 Å². The van der Waals surface area contributed by atoms with E-state index in [1.807, 2.05) is 0 Å². The van der Waals surface area contributed by atoms with Gasteiger partial charge in [0.1, 0.15) is 0 Å². The molecule has 0 saturated carbocycles. The Morgan fingerprint density at radius 1 is 0.714 bits per heavy atom. The van der Waals surface area contributed by atoms with Gasteiger partial charge in [-0.25, -0.2) is 0 Å². The van der Waals surface area contributed by atoms with Gasteiger partial charge in [-0.3, -0.25) is 0 Å². The average Bonchev–Trinajstić information content (AvgIpc) is 3.18. The molecule has 0 aromatic carbocycles. The molecule has 0 saturated heterocycles. The molecule has 2 nitrogen and oxygen atoms in total. The first-order valence-electron chi connectivity index (χ1n) is 9.60. The molecule has 0 heterocycles. The van der Waals surface area contributed by atoms with Gasteiger partial charge in [-0.05, 0) is 52.1 Å². The molecule has 2 aliphatic carbocycles. The molecule has 0 N–H and O–H groups in total. The second-order valence-corrected chi connectivity index (χ2v) is 18.3. The summed E-state index contributed by atoms with van der Waals surface area (Å²) in [4.78, 5) is 0. The van der Waals surface area contributed by atoms with Crippen LogP contribution >= 0.6 is 0 Å². The van der Waals surface area contributed by atoms with Crippen LogP contribution in [0.3, 0.4) is 0 Å². The van der Waals surface area contributed by atoms with Crippen LogP contribution in [0.2, 0.25) is 39.3 Å². The Bertz CT molecular complexity index is 512. The number of hydrogen-bond donors (Lipinski definition) is 0. The zero-order valence-corrected chi connectivity index (χ0v) is 24.1. The van der Waals surface area contributed by atoms with Gasteiger partial charge < -0.3 is 33.7 Å². The number of rotatable bonds is 10. The fourth-order valence-corrected chi connectivity index (χ4v) is 5.04. The van der Waals surface area contributed by atoms with Gasteiger partial charge in [0.25, 0.3) is 0 Å². The summed E-state index contributed by atoms with van der Waals surface area (Å²) < 4.78 is 12.6. The van der Waals surface area contributed by atoms with Crippen molar-refractivity contribution in [2.24, 2.45) is 17.3 Å². The first-order valence-corrected chi connectivity index (χ1v) is 16.4. The van der Waals surface area contributed by atoms with E-state index in [0.717, 1.165) is 26.1 Å². The standard InChI is InChI=1S/C21H36O2Si2.2ClH.Zr/c1-24(2,3)22-17-11-16-21(18-23-25(4,5)6,19-12-7-8-13-19)20-14-9-10-15-20;;;/h7-10,12-15,19-20H,11,16-18H2,1-6H3;2*1H;/q;;;+2/p-2. The molecule has 2 rings (SSSR count). The molecule has 28 heavy (non-hydrogen) atoms. The number of halogens is 2. The van der Waals surface area contributed by atoms with Crippen LogP contribution in [0.4, 0.5) is 0 Å². The topological polar surface area (TPSA) is 18.5 Å². The van der Waals surface area contributed by atoms with Crippen LogP contribution in [0.1, 0.15) is 12.8 Å². The molecular formula is C21H36Cl2O2Si2Zr. The van der Waals surface area contributed by atoms with Crippen LogP contribution in [0, 0.1) is 17.3 Å². The monoisotopic (exact) mass is 536 g/mol. The molecule has 0 radical (unpaired) electrons. The molecule has 0 aliphatic heterocycles. The largest absolute Gasteiger partial charge is 2.00 e.